The number of carbonyl (C=O) groups excluding carboxylic acids is 1. The molecule has 0 saturated heterocycles. The standard InChI is InChI=1S/C12H16O5S/c1-17-9-3-2-7(6-13)10(12(9)16)11(15)8(14)4-5-18/h2-3,6,8,11,14-16,18H,4-5H2,1H3. The molecule has 2 atom stereocenters. The highest BCUT2D eigenvalue weighted by atomic mass is 32.1. The molecule has 0 saturated carbocycles. The van der Waals surface area contributed by atoms with Crippen LogP contribution in [0.3, 0.4) is 0 Å². The Balaban J connectivity index is 3.23. The van der Waals surface area contributed by atoms with Crippen LogP contribution in [0.15, 0.2) is 12.1 Å². The summed E-state index contributed by atoms with van der Waals surface area (Å²) < 4.78 is 4.90. The van der Waals surface area contributed by atoms with Crippen LogP contribution in [0.5, 0.6) is 11.5 Å². The van der Waals surface area contributed by atoms with Crippen LogP contribution in [0.2, 0.25) is 0 Å². The molecule has 0 heterocycles. The second kappa shape index (κ2) is 6.63. The molecule has 0 aliphatic rings. The third-order valence-electron chi connectivity index (χ3n) is 2.65. The lowest BCUT2D eigenvalue weighted by atomic mass is 9.96. The second-order valence-electron chi connectivity index (χ2n) is 3.76. The van der Waals surface area contributed by atoms with Gasteiger partial charge in [-0.3, -0.25) is 4.79 Å². The summed E-state index contributed by atoms with van der Waals surface area (Å²) in [7, 11) is 1.36. The van der Waals surface area contributed by atoms with Gasteiger partial charge in [-0.2, -0.15) is 12.6 Å². The van der Waals surface area contributed by atoms with Gasteiger partial charge in [0.1, 0.15) is 6.10 Å². The van der Waals surface area contributed by atoms with Crippen molar-refractivity contribution in [3.8, 4) is 11.5 Å². The minimum Gasteiger partial charge on any atom is -0.504 e. The van der Waals surface area contributed by atoms with Crippen LogP contribution in [0, 0.1) is 0 Å². The van der Waals surface area contributed by atoms with E-state index in [4.69, 9.17) is 4.74 Å². The molecule has 0 fully saturated rings. The van der Waals surface area contributed by atoms with E-state index in [1.165, 1.54) is 19.2 Å². The number of hydrogen-bond acceptors (Lipinski definition) is 6. The summed E-state index contributed by atoms with van der Waals surface area (Å²) in [6.07, 6.45) is -1.74. The van der Waals surface area contributed by atoms with Crippen LogP contribution in [-0.4, -0.2) is 40.6 Å². The van der Waals surface area contributed by atoms with E-state index in [0.717, 1.165) is 0 Å². The summed E-state index contributed by atoms with van der Waals surface area (Å²) in [5.41, 5.74) is 0.0812. The topological polar surface area (TPSA) is 87.0 Å². The van der Waals surface area contributed by atoms with Crippen LogP contribution >= 0.6 is 12.6 Å². The third-order valence-corrected chi connectivity index (χ3v) is 2.90. The highest BCUT2D eigenvalue weighted by Gasteiger charge is 2.25. The van der Waals surface area contributed by atoms with E-state index >= 15 is 0 Å². The van der Waals surface area contributed by atoms with Gasteiger partial charge in [-0.25, -0.2) is 0 Å². The van der Waals surface area contributed by atoms with Crippen molar-refractivity contribution < 1.29 is 24.9 Å². The van der Waals surface area contributed by atoms with Gasteiger partial charge in [-0.15, -0.1) is 0 Å². The minimum atomic E-state index is -1.37. The zero-order valence-electron chi connectivity index (χ0n) is 9.91. The quantitative estimate of drug-likeness (QED) is 0.457. The lowest BCUT2D eigenvalue weighted by Gasteiger charge is -2.20. The van der Waals surface area contributed by atoms with Gasteiger partial charge in [-0.1, -0.05) is 0 Å². The highest BCUT2D eigenvalue weighted by molar-refractivity contribution is 7.80. The predicted octanol–water partition coefficient (Wildman–Crippen LogP) is 0.927. The van der Waals surface area contributed by atoms with Gasteiger partial charge in [0.05, 0.1) is 13.2 Å². The number of aliphatic hydroxyl groups is 2. The average Bonchev–Trinajstić information content (AvgIpc) is 2.37. The van der Waals surface area contributed by atoms with Gasteiger partial charge < -0.3 is 20.1 Å². The highest BCUT2D eigenvalue weighted by Crippen LogP contribution is 2.37. The van der Waals surface area contributed by atoms with Crippen molar-refractivity contribution in [2.75, 3.05) is 12.9 Å². The summed E-state index contributed by atoms with van der Waals surface area (Å²) in [6.45, 7) is 0. The van der Waals surface area contributed by atoms with E-state index < -0.39 is 12.2 Å². The third kappa shape index (κ3) is 2.95. The molecule has 18 heavy (non-hydrogen) atoms. The maximum Gasteiger partial charge on any atom is 0.164 e. The zero-order valence-corrected chi connectivity index (χ0v) is 10.8. The van der Waals surface area contributed by atoms with E-state index in [2.05, 4.69) is 12.6 Å². The first-order chi connectivity index (χ1) is 8.56. The predicted molar refractivity (Wildman–Crippen MR) is 69.5 cm³/mol. The first kappa shape index (κ1) is 14.8. The summed E-state index contributed by atoms with van der Waals surface area (Å²) in [6, 6.07) is 2.83. The number of aliphatic hydroxyl groups excluding tert-OH is 2. The molecule has 5 nitrogen and oxygen atoms in total. The van der Waals surface area contributed by atoms with Crippen LogP contribution < -0.4 is 4.74 Å². The first-order valence-corrected chi connectivity index (χ1v) is 6.02. The fourth-order valence-electron chi connectivity index (χ4n) is 1.66. The number of aromatic hydroxyl groups is 1. The number of thiol groups is 1. The number of phenolic OH excluding ortho intramolecular Hbond substituents is 1. The Kier molecular flexibility index (Phi) is 5.46. The lowest BCUT2D eigenvalue weighted by molar-refractivity contribution is 0.0154. The Labute approximate surface area is 110 Å². The number of phenols is 1. The number of carbonyl (C=O) groups is 1. The number of aldehydes is 1. The van der Waals surface area contributed by atoms with Crippen molar-refractivity contribution in [1.29, 1.82) is 0 Å². The summed E-state index contributed by atoms with van der Waals surface area (Å²) >= 11 is 3.95. The number of hydrogen-bond donors (Lipinski definition) is 4. The number of ether oxygens (including phenoxy) is 1. The first-order valence-electron chi connectivity index (χ1n) is 5.38. The molecule has 1 rings (SSSR count). The largest absolute Gasteiger partial charge is 0.504 e. The van der Waals surface area contributed by atoms with Gasteiger partial charge in [-0.05, 0) is 24.3 Å². The molecule has 0 spiro atoms. The van der Waals surface area contributed by atoms with Crippen molar-refractivity contribution in [2.24, 2.45) is 0 Å². The lowest BCUT2D eigenvalue weighted by Crippen LogP contribution is -2.20. The van der Waals surface area contributed by atoms with Gasteiger partial charge in [0, 0.05) is 11.1 Å². The Morgan fingerprint density at radius 1 is 1.44 bits per heavy atom. The van der Waals surface area contributed by atoms with Gasteiger partial charge >= 0.3 is 0 Å². The second-order valence-corrected chi connectivity index (χ2v) is 4.21. The number of rotatable bonds is 6. The molecule has 0 bridgehead atoms. The van der Waals surface area contributed by atoms with Crippen LogP contribution in [0.25, 0.3) is 0 Å². The minimum absolute atomic E-state index is 0.0290. The van der Waals surface area contributed by atoms with Crippen LogP contribution in [0.1, 0.15) is 28.4 Å². The molecule has 0 aliphatic heterocycles. The van der Waals surface area contributed by atoms with Gasteiger partial charge in [0.15, 0.2) is 17.8 Å². The zero-order chi connectivity index (χ0) is 13.7. The Morgan fingerprint density at radius 3 is 2.61 bits per heavy atom. The molecule has 2 unspecified atom stereocenters. The Hall–Kier alpha value is -1.24. The van der Waals surface area contributed by atoms with Crippen molar-refractivity contribution in [2.45, 2.75) is 18.6 Å². The maximum absolute atomic E-state index is 10.9. The molecule has 0 radical (unpaired) electrons. The normalized spacial score (nSPS) is 14.0. The molecule has 1 aromatic rings. The molecular formula is C12H16O5S. The van der Waals surface area contributed by atoms with Crippen LogP contribution in [-0.2, 0) is 0 Å². The van der Waals surface area contributed by atoms with Crippen LogP contribution in [0.4, 0.5) is 0 Å². The van der Waals surface area contributed by atoms with E-state index in [1.54, 1.807) is 0 Å². The monoisotopic (exact) mass is 272 g/mol. The Morgan fingerprint density at radius 2 is 2.11 bits per heavy atom. The summed E-state index contributed by atoms with van der Waals surface area (Å²) in [4.78, 5) is 10.9. The summed E-state index contributed by atoms with van der Waals surface area (Å²) in [5, 5.41) is 29.6. The SMILES string of the molecule is COc1ccc(C=O)c(C(O)C(O)CCS)c1O. The molecule has 1 aromatic carbocycles. The number of benzene rings is 1. The van der Waals surface area contributed by atoms with Gasteiger partial charge in [0.2, 0.25) is 0 Å². The molecule has 3 N–H and O–H groups in total. The molecule has 0 aliphatic carbocycles. The smallest absolute Gasteiger partial charge is 0.164 e. The maximum atomic E-state index is 10.9. The van der Waals surface area contributed by atoms with Gasteiger partial charge in [0.25, 0.3) is 0 Å². The van der Waals surface area contributed by atoms with E-state index in [9.17, 15) is 20.1 Å². The number of methoxy groups -OCH3 is 1. The van der Waals surface area contributed by atoms with E-state index in [0.29, 0.717) is 12.0 Å². The fourth-order valence-corrected chi connectivity index (χ4v) is 1.93. The Bertz CT molecular complexity index is 421. The van der Waals surface area contributed by atoms with Crippen molar-refractivity contribution >= 4 is 18.9 Å². The van der Waals surface area contributed by atoms with Crippen molar-refractivity contribution in [3.05, 3.63) is 23.3 Å². The fraction of sp³-hybridized carbons (Fsp3) is 0.417. The molecule has 0 amide bonds. The van der Waals surface area contributed by atoms with Crippen molar-refractivity contribution in [1.82, 2.24) is 0 Å². The van der Waals surface area contributed by atoms with Crippen molar-refractivity contribution in [3.63, 3.8) is 0 Å². The van der Waals surface area contributed by atoms with E-state index in [-0.39, 0.29) is 29.0 Å². The molecule has 6 heteroatoms. The average molecular weight is 272 g/mol. The van der Waals surface area contributed by atoms with E-state index in [1.807, 2.05) is 0 Å². The molecule has 0 aromatic heterocycles. The molecule has 100 valence electrons. The molecular weight excluding hydrogens is 256 g/mol. The summed E-state index contributed by atoms with van der Waals surface area (Å²) in [5.74, 6) is 0.167.